The lowest BCUT2D eigenvalue weighted by Crippen LogP contribution is -2.14. The average molecular weight is 375 g/mol. The van der Waals surface area contributed by atoms with Gasteiger partial charge < -0.3 is 14.7 Å². The fourth-order valence-corrected chi connectivity index (χ4v) is 3.03. The third-order valence-electron chi connectivity index (χ3n) is 3.58. The van der Waals surface area contributed by atoms with E-state index in [9.17, 15) is 4.79 Å². The Kier molecular flexibility index (Phi) is 3.24. The third kappa shape index (κ3) is 2.16. The number of pyridine rings is 1. The number of hydrogen-bond acceptors (Lipinski definition) is 5. The summed E-state index contributed by atoms with van der Waals surface area (Å²) in [6.45, 7) is 0.232. The maximum absolute atomic E-state index is 12.6. The predicted octanol–water partition coefficient (Wildman–Crippen LogP) is 1.19. The second-order valence-corrected chi connectivity index (χ2v) is 5.65. The van der Waals surface area contributed by atoms with Crippen molar-refractivity contribution >= 4 is 32.9 Å². The van der Waals surface area contributed by atoms with Crippen molar-refractivity contribution in [2.24, 2.45) is 0 Å². The molecule has 0 atom stereocenters. The lowest BCUT2D eigenvalue weighted by atomic mass is 10.2. The number of fused-ring (bicyclic) bond motifs is 2. The molecule has 4 rings (SSSR count). The molecule has 0 amide bonds. The van der Waals surface area contributed by atoms with Crippen LogP contribution in [0.3, 0.4) is 0 Å². The number of imidazole rings is 2. The van der Waals surface area contributed by atoms with Gasteiger partial charge in [0, 0.05) is 30.7 Å². The molecule has 4 aromatic rings. The van der Waals surface area contributed by atoms with E-state index in [-0.39, 0.29) is 17.7 Å². The van der Waals surface area contributed by atoms with Gasteiger partial charge in [-0.3, -0.25) is 9.78 Å². The number of H-pyrrole nitrogens is 1. The molecule has 0 aliphatic heterocycles. The van der Waals surface area contributed by atoms with Gasteiger partial charge in [-0.15, -0.1) is 0 Å². The molecule has 0 aliphatic rings. The van der Waals surface area contributed by atoms with E-state index in [4.69, 9.17) is 5.11 Å². The predicted molar refractivity (Wildman–Crippen MR) is 87.1 cm³/mol. The van der Waals surface area contributed by atoms with Crippen LogP contribution in [-0.2, 0) is 6.54 Å². The number of hydrogen-bond donors (Lipinski definition) is 2. The van der Waals surface area contributed by atoms with Crippen LogP contribution in [0.2, 0.25) is 0 Å². The molecule has 9 heteroatoms. The third-order valence-corrected chi connectivity index (χ3v) is 4.18. The minimum atomic E-state index is -0.265. The Balaban J connectivity index is 2.01. The van der Waals surface area contributed by atoms with E-state index >= 15 is 0 Å². The van der Waals surface area contributed by atoms with Crippen molar-refractivity contribution in [3.8, 4) is 11.3 Å². The van der Waals surface area contributed by atoms with E-state index < -0.39 is 0 Å². The summed E-state index contributed by atoms with van der Waals surface area (Å²) in [5.41, 5.74) is 2.08. The zero-order valence-electron chi connectivity index (χ0n) is 11.8. The summed E-state index contributed by atoms with van der Waals surface area (Å²) in [5, 5.41) is 9.16. The molecule has 0 saturated heterocycles. The van der Waals surface area contributed by atoms with Crippen LogP contribution in [-0.4, -0.2) is 40.6 Å². The highest BCUT2D eigenvalue weighted by Crippen LogP contribution is 2.20. The molecule has 4 aromatic heterocycles. The Morgan fingerprint density at radius 2 is 2.04 bits per heavy atom. The highest BCUT2D eigenvalue weighted by Gasteiger charge is 2.16. The zero-order valence-corrected chi connectivity index (χ0v) is 13.4. The summed E-state index contributed by atoms with van der Waals surface area (Å²) < 4.78 is 3.55. The SMILES string of the molecule is O=c1c2nc(Br)n(CCO)c2nc2[nH]c(-c3ccncc3)cn12. The van der Waals surface area contributed by atoms with Gasteiger partial charge in [-0.25, -0.2) is 9.38 Å². The molecule has 0 spiro atoms. The van der Waals surface area contributed by atoms with Gasteiger partial charge in [0.2, 0.25) is 5.78 Å². The normalized spacial score (nSPS) is 11.6. The Morgan fingerprint density at radius 3 is 2.78 bits per heavy atom. The number of aliphatic hydroxyl groups is 1. The van der Waals surface area contributed by atoms with Crippen molar-refractivity contribution in [2.45, 2.75) is 6.54 Å². The minimum Gasteiger partial charge on any atom is -0.395 e. The van der Waals surface area contributed by atoms with Gasteiger partial charge in [0.1, 0.15) is 0 Å². The molecule has 0 fully saturated rings. The van der Waals surface area contributed by atoms with Crippen molar-refractivity contribution in [3.05, 3.63) is 45.8 Å². The van der Waals surface area contributed by atoms with Crippen molar-refractivity contribution < 1.29 is 5.11 Å². The van der Waals surface area contributed by atoms with Crippen LogP contribution in [0.15, 0.2) is 40.3 Å². The van der Waals surface area contributed by atoms with E-state index in [1.54, 1.807) is 23.2 Å². The van der Waals surface area contributed by atoms with E-state index in [0.717, 1.165) is 11.3 Å². The Hall–Kier alpha value is -2.52. The van der Waals surface area contributed by atoms with E-state index in [1.165, 1.54) is 4.40 Å². The van der Waals surface area contributed by atoms with Gasteiger partial charge in [-0.2, -0.15) is 4.98 Å². The molecule has 8 nitrogen and oxygen atoms in total. The van der Waals surface area contributed by atoms with E-state index in [2.05, 4.69) is 35.9 Å². The smallest absolute Gasteiger partial charge is 0.287 e. The molecule has 116 valence electrons. The zero-order chi connectivity index (χ0) is 16.0. The lowest BCUT2D eigenvalue weighted by molar-refractivity contribution is 0.276. The summed E-state index contributed by atoms with van der Waals surface area (Å²) in [5.74, 6) is 0.418. The van der Waals surface area contributed by atoms with Crippen LogP contribution in [0.1, 0.15) is 0 Å². The van der Waals surface area contributed by atoms with Crippen LogP contribution < -0.4 is 5.56 Å². The largest absolute Gasteiger partial charge is 0.395 e. The number of aromatic nitrogens is 6. The number of rotatable bonds is 3. The summed E-state index contributed by atoms with van der Waals surface area (Å²) in [7, 11) is 0. The van der Waals surface area contributed by atoms with Crippen LogP contribution in [0, 0.1) is 0 Å². The standard InChI is InChI=1S/C14H11BrN6O2/c15-13-18-10-11(20(13)5-6-22)19-14-17-9(7-21(14)12(10)23)8-1-3-16-4-2-8/h1-4,7,22H,5-6H2,(H,17,19). The molecular formula is C14H11BrN6O2. The number of halogens is 1. The molecular weight excluding hydrogens is 364 g/mol. The molecule has 0 saturated carbocycles. The number of nitrogens with zero attached hydrogens (tertiary/aromatic N) is 5. The highest BCUT2D eigenvalue weighted by atomic mass is 79.9. The van der Waals surface area contributed by atoms with Crippen LogP contribution in [0.5, 0.6) is 0 Å². The van der Waals surface area contributed by atoms with Crippen LogP contribution in [0.25, 0.3) is 28.2 Å². The number of aromatic amines is 1. The van der Waals surface area contributed by atoms with Crippen LogP contribution in [0.4, 0.5) is 0 Å². The molecule has 0 aliphatic carbocycles. The van der Waals surface area contributed by atoms with Gasteiger partial charge >= 0.3 is 0 Å². The van der Waals surface area contributed by atoms with Crippen molar-refractivity contribution in [1.82, 2.24) is 28.9 Å². The second kappa shape index (κ2) is 5.28. The molecule has 2 N–H and O–H groups in total. The molecule has 23 heavy (non-hydrogen) atoms. The van der Waals surface area contributed by atoms with Gasteiger partial charge in [0.25, 0.3) is 5.56 Å². The van der Waals surface area contributed by atoms with Gasteiger partial charge in [-0.05, 0) is 28.1 Å². The quantitative estimate of drug-likeness (QED) is 0.524. The fraction of sp³-hybridized carbons (Fsp3) is 0.143. The molecule has 0 radical (unpaired) electrons. The fourth-order valence-electron chi connectivity index (χ4n) is 2.51. The summed E-state index contributed by atoms with van der Waals surface area (Å²) >= 11 is 3.29. The van der Waals surface area contributed by atoms with Gasteiger partial charge in [0.15, 0.2) is 15.9 Å². The first kappa shape index (κ1) is 14.1. The Labute approximate surface area is 137 Å². The first-order valence-corrected chi connectivity index (χ1v) is 7.66. The maximum Gasteiger partial charge on any atom is 0.287 e. The topological polar surface area (TPSA) is 101 Å². The molecule has 4 heterocycles. The van der Waals surface area contributed by atoms with Crippen molar-refractivity contribution in [3.63, 3.8) is 0 Å². The Morgan fingerprint density at radius 1 is 1.26 bits per heavy atom. The van der Waals surface area contributed by atoms with Crippen molar-refractivity contribution in [1.29, 1.82) is 0 Å². The van der Waals surface area contributed by atoms with Crippen molar-refractivity contribution in [2.75, 3.05) is 6.61 Å². The van der Waals surface area contributed by atoms with E-state index in [0.29, 0.717) is 22.7 Å². The summed E-state index contributed by atoms with van der Waals surface area (Å²) in [4.78, 5) is 28.4. The van der Waals surface area contributed by atoms with Gasteiger partial charge in [0.05, 0.1) is 12.3 Å². The van der Waals surface area contributed by atoms with Gasteiger partial charge in [-0.1, -0.05) is 0 Å². The van der Waals surface area contributed by atoms with Crippen LogP contribution >= 0.6 is 15.9 Å². The minimum absolute atomic E-state index is 0.0713. The summed E-state index contributed by atoms with van der Waals surface area (Å²) in [6, 6.07) is 3.69. The first-order chi connectivity index (χ1) is 11.2. The lowest BCUT2D eigenvalue weighted by Gasteiger charge is -2.01. The average Bonchev–Trinajstić information content (AvgIpc) is 3.12. The number of nitrogens with one attached hydrogen (secondary N) is 1. The second-order valence-electron chi connectivity index (χ2n) is 4.94. The molecule has 0 aromatic carbocycles. The Bertz CT molecular complexity index is 1070. The highest BCUT2D eigenvalue weighted by molar-refractivity contribution is 9.10. The first-order valence-electron chi connectivity index (χ1n) is 6.87. The number of aliphatic hydroxyl groups excluding tert-OH is 1. The maximum atomic E-state index is 12.6. The monoisotopic (exact) mass is 374 g/mol. The molecule has 0 unspecified atom stereocenters. The summed E-state index contributed by atoms with van der Waals surface area (Å²) in [6.07, 6.45) is 5.06. The molecule has 0 bridgehead atoms. The van der Waals surface area contributed by atoms with E-state index in [1.807, 2.05) is 12.1 Å².